The van der Waals surface area contributed by atoms with Crippen LogP contribution in [-0.4, -0.2) is 14.8 Å². The van der Waals surface area contributed by atoms with Crippen LogP contribution < -0.4 is 5.76 Å². The van der Waals surface area contributed by atoms with Gasteiger partial charge < -0.3 is 13.3 Å². The molecule has 0 atom stereocenters. The van der Waals surface area contributed by atoms with E-state index in [4.69, 9.17) is 13.3 Å². The van der Waals surface area contributed by atoms with Gasteiger partial charge in [-0.25, -0.2) is 9.78 Å². The van der Waals surface area contributed by atoms with E-state index < -0.39 is 5.76 Å². The van der Waals surface area contributed by atoms with Gasteiger partial charge in [0.25, 0.3) is 5.89 Å². The summed E-state index contributed by atoms with van der Waals surface area (Å²) in [7, 11) is 0. The van der Waals surface area contributed by atoms with Crippen LogP contribution in [0.15, 0.2) is 66.8 Å². The zero-order valence-electron chi connectivity index (χ0n) is 12.8. The second-order valence-corrected chi connectivity index (χ2v) is 5.20. The Hall–Kier alpha value is -3.35. The highest BCUT2D eigenvalue weighted by Crippen LogP contribution is 2.22. The summed E-state index contributed by atoms with van der Waals surface area (Å²) in [6, 6.07) is 12.9. The highest BCUT2D eigenvalue weighted by atomic mass is 16.4. The Bertz CT molecular complexity index is 1010. The van der Waals surface area contributed by atoms with Gasteiger partial charge in [0.15, 0.2) is 5.76 Å². The fourth-order valence-corrected chi connectivity index (χ4v) is 2.33. The first-order valence-electron chi connectivity index (χ1n) is 7.34. The number of hydrogen-bond acceptors (Lipinski definition) is 6. The Kier molecular flexibility index (Phi) is 3.38. The Balaban J connectivity index is 1.65. The minimum absolute atomic E-state index is 0.134. The topological polar surface area (TPSA) is 87.2 Å². The summed E-state index contributed by atoms with van der Waals surface area (Å²) in [6.45, 7) is 1.96. The monoisotopic (exact) mass is 323 g/mol. The minimum atomic E-state index is -0.579. The van der Waals surface area contributed by atoms with Crippen molar-refractivity contribution in [2.24, 2.45) is 0 Å². The van der Waals surface area contributed by atoms with Crippen molar-refractivity contribution in [2.75, 3.05) is 0 Å². The van der Waals surface area contributed by atoms with Gasteiger partial charge in [-0.1, -0.05) is 18.2 Å². The molecule has 0 unspecified atom stereocenters. The molecule has 0 saturated heterocycles. The highest BCUT2D eigenvalue weighted by molar-refractivity contribution is 5.53. The van der Waals surface area contributed by atoms with Crippen LogP contribution in [0, 0.1) is 6.92 Å². The zero-order chi connectivity index (χ0) is 16.5. The van der Waals surface area contributed by atoms with Crippen molar-refractivity contribution >= 4 is 0 Å². The number of oxazole rings is 1. The molecule has 24 heavy (non-hydrogen) atoms. The van der Waals surface area contributed by atoms with Crippen molar-refractivity contribution in [3.8, 4) is 23.1 Å². The van der Waals surface area contributed by atoms with Gasteiger partial charge in [0.1, 0.15) is 11.5 Å². The zero-order valence-corrected chi connectivity index (χ0v) is 12.8. The number of aromatic nitrogens is 3. The van der Waals surface area contributed by atoms with E-state index in [9.17, 15) is 4.79 Å². The molecule has 0 saturated carbocycles. The van der Waals surface area contributed by atoms with Crippen LogP contribution in [0.2, 0.25) is 0 Å². The molecule has 0 N–H and O–H groups in total. The SMILES string of the molecule is Cc1oc(-c2ccccc2)nc1Cn1nc(-c2ccco2)oc1=O. The van der Waals surface area contributed by atoms with Gasteiger partial charge in [-0.05, 0) is 31.2 Å². The molecule has 0 amide bonds. The van der Waals surface area contributed by atoms with Crippen molar-refractivity contribution in [1.82, 2.24) is 14.8 Å². The van der Waals surface area contributed by atoms with Gasteiger partial charge in [-0.3, -0.25) is 0 Å². The fraction of sp³-hybridized carbons (Fsp3) is 0.118. The van der Waals surface area contributed by atoms with Crippen LogP contribution >= 0.6 is 0 Å². The van der Waals surface area contributed by atoms with Crippen molar-refractivity contribution in [2.45, 2.75) is 13.5 Å². The molecule has 1 aromatic carbocycles. The standard InChI is InChI=1S/C17H13N3O4/c1-11-13(18-15(23-11)12-6-3-2-4-7-12)10-20-17(21)24-16(19-20)14-8-5-9-22-14/h2-9H,10H2,1H3. The van der Waals surface area contributed by atoms with Gasteiger partial charge in [-0.2, -0.15) is 4.68 Å². The van der Waals surface area contributed by atoms with Crippen molar-refractivity contribution < 1.29 is 13.3 Å². The molecular weight excluding hydrogens is 310 g/mol. The number of aryl methyl sites for hydroxylation is 1. The van der Waals surface area contributed by atoms with Crippen molar-refractivity contribution in [3.63, 3.8) is 0 Å². The third-order valence-electron chi connectivity index (χ3n) is 3.55. The first kappa shape index (κ1) is 14.3. The molecule has 0 spiro atoms. The molecule has 4 aromatic rings. The lowest BCUT2D eigenvalue weighted by Gasteiger charge is -1.94. The first-order valence-corrected chi connectivity index (χ1v) is 7.34. The molecular formula is C17H13N3O4. The first-order chi connectivity index (χ1) is 11.7. The highest BCUT2D eigenvalue weighted by Gasteiger charge is 2.17. The summed E-state index contributed by atoms with van der Waals surface area (Å²) < 4.78 is 17.2. The molecule has 0 radical (unpaired) electrons. The minimum Gasteiger partial charge on any atom is -0.459 e. The molecule has 0 aliphatic heterocycles. The second kappa shape index (κ2) is 5.69. The molecule has 3 heterocycles. The van der Waals surface area contributed by atoms with E-state index >= 15 is 0 Å². The van der Waals surface area contributed by atoms with Crippen LogP contribution in [0.4, 0.5) is 0 Å². The smallest absolute Gasteiger partial charge is 0.437 e. The number of furan rings is 1. The predicted octanol–water partition coefficient (Wildman–Crippen LogP) is 3.11. The van der Waals surface area contributed by atoms with Gasteiger partial charge in [0.05, 0.1) is 12.8 Å². The molecule has 3 aromatic heterocycles. The van der Waals surface area contributed by atoms with Crippen LogP contribution in [-0.2, 0) is 6.54 Å². The van der Waals surface area contributed by atoms with E-state index in [1.807, 2.05) is 30.3 Å². The third kappa shape index (κ3) is 2.56. The van der Waals surface area contributed by atoms with Gasteiger partial charge >= 0.3 is 5.76 Å². The molecule has 4 rings (SSSR count). The fourth-order valence-electron chi connectivity index (χ4n) is 2.33. The molecule has 7 nitrogen and oxygen atoms in total. The lowest BCUT2D eigenvalue weighted by molar-refractivity contribution is 0.474. The predicted molar refractivity (Wildman–Crippen MR) is 84.2 cm³/mol. The summed E-state index contributed by atoms with van der Waals surface area (Å²) >= 11 is 0. The summed E-state index contributed by atoms with van der Waals surface area (Å²) in [6.07, 6.45) is 1.49. The van der Waals surface area contributed by atoms with E-state index in [-0.39, 0.29) is 12.4 Å². The van der Waals surface area contributed by atoms with Crippen molar-refractivity contribution in [3.05, 3.63) is 70.7 Å². The summed E-state index contributed by atoms with van der Waals surface area (Å²) in [4.78, 5) is 16.4. The van der Waals surface area contributed by atoms with Gasteiger partial charge in [-0.15, -0.1) is 5.10 Å². The Morgan fingerprint density at radius 2 is 1.88 bits per heavy atom. The number of nitrogens with zero attached hydrogens (tertiary/aromatic N) is 3. The molecule has 0 aliphatic carbocycles. The van der Waals surface area contributed by atoms with E-state index in [1.54, 1.807) is 19.1 Å². The average Bonchev–Trinajstić information content (AvgIpc) is 3.31. The average molecular weight is 323 g/mol. The summed E-state index contributed by atoms with van der Waals surface area (Å²) in [5.74, 6) is 1.08. The quantitative estimate of drug-likeness (QED) is 0.573. The molecule has 7 heteroatoms. The lowest BCUT2D eigenvalue weighted by atomic mass is 10.2. The largest absolute Gasteiger partial charge is 0.459 e. The van der Waals surface area contributed by atoms with Crippen LogP contribution in [0.1, 0.15) is 11.5 Å². The maximum absolute atomic E-state index is 12.0. The van der Waals surface area contributed by atoms with Gasteiger partial charge in [0, 0.05) is 5.56 Å². The van der Waals surface area contributed by atoms with Gasteiger partial charge in [0.2, 0.25) is 5.89 Å². The maximum atomic E-state index is 12.0. The number of benzene rings is 1. The molecule has 0 fully saturated rings. The number of hydrogen-bond donors (Lipinski definition) is 0. The Morgan fingerprint density at radius 1 is 1.04 bits per heavy atom. The lowest BCUT2D eigenvalue weighted by Crippen LogP contribution is -2.17. The molecule has 0 aliphatic rings. The normalized spacial score (nSPS) is 11.0. The molecule has 120 valence electrons. The van der Waals surface area contributed by atoms with E-state index in [2.05, 4.69) is 10.1 Å². The Morgan fingerprint density at radius 3 is 2.62 bits per heavy atom. The van der Waals surface area contributed by atoms with E-state index in [0.717, 1.165) is 5.56 Å². The Labute approximate surface area is 136 Å². The third-order valence-corrected chi connectivity index (χ3v) is 3.55. The maximum Gasteiger partial charge on any atom is 0.437 e. The van der Waals surface area contributed by atoms with Crippen LogP contribution in [0.25, 0.3) is 23.1 Å². The number of rotatable bonds is 4. The van der Waals surface area contributed by atoms with E-state index in [0.29, 0.717) is 23.1 Å². The summed E-state index contributed by atoms with van der Waals surface area (Å²) in [5, 5.41) is 4.13. The van der Waals surface area contributed by atoms with Crippen molar-refractivity contribution in [1.29, 1.82) is 0 Å². The summed E-state index contributed by atoms with van der Waals surface area (Å²) in [5.41, 5.74) is 1.49. The van der Waals surface area contributed by atoms with Crippen LogP contribution in [0.3, 0.4) is 0 Å². The van der Waals surface area contributed by atoms with Crippen LogP contribution in [0.5, 0.6) is 0 Å². The molecule has 0 bridgehead atoms. The second-order valence-electron chi connectivity index (χ2n) is 5.20. The van der Waals surface area contributed by atoms with E-state index in [1.165, 1.54) is 10.9 Å².